The van der Waals surface area contributed by atoms with Gasteiger partial charge in [0.25, 0.3) is 5.91 Å². The average molecular weight is 289 g/mol. The maximum absolute atomic E-state index is 12.7. The minimum Gasteiger partial charge on any atom is -0.321 e. The highest BCUT2D eigenvalue weighted by molar-refractivity contribution is 6.34. The van der Waals surface area contributed by atoms with Crippen molar-refractivity contribution in [3.05, 3.63) is 65.2 Å². The number of fused-ring (bicyclic) bond motifs is 1. The highest BCUT2D eigenvalue weighted by Crippen LogP contribution is 2.34. The molecule has 0 saturated carbocycles. The summed E-state index contributed by atoms with van der Waals surface area (Å²) in [6, 6.07) is 12.0. The molecule has 1 N–H and O–H groups in total. The first-order valence-corrected chi connectivity index (χ1v) is 6.25. The fourth-order valence-corrected chi connectivity index (χ4v) is 2.25. The molecule has 1 aliphatic heterocycles. The Labute approximate surface area is 118 Å². The van der Waals surface area contributed by atoms with Crippen LogP contribution in [-0.2, 0) is 11.0 Å². The van der Waals surface area contributed by atoms with E-state index in [0.29, 0.717) is 22.4 Å². The van der Waals surface area contributed by atoms with Gasteiger partial charge >= 0.3 is 6.18 Å². The lowest BCUT2D eigenvalue weighted by Crippen LogP contribution is -2.05. The van der Waals surface area contributed by atoms with E-state index >= 15 is 0 Å². The third-order valence-electron chi connectivity index (χ3n) is 3.24. The third-order valence-corrected chi connectivity index (χ3v) is 3.24. The van der Waals surface area contributed by atoms with Crippen molar-refractivity contribution >= 4 is 23.2 Å². The summed E-state index contributed by atoms with van der Waals surface area (Å²) < 4.78 is 38.1. The number of carbonyl (C=O) groups is 1. The second-order valence-corrected chi connectivity index (χ2v) is 4.68. The summed E-state index contributed by atoms with van der Waals surface area (Å²) in [7, 11) is 0. The Morgan fingerprint density at radius 3 is 2.52 bits per heavy atom. The molecule has 21 heavy (non-hydrogen) atoms. The highest BCUT2D eigenvalue weighted by Gasteiger charge is 2.30. The topological polar surface area (TPSA) is 29.1 Å². The van der Waals surface area contributed by atoms with Crippen molar-refractivity contribution in [3.63, 3.8) is 0 Å². The van der Waals surface area contributed by atoms with Crippen molar-refractivity contribution in [1.29, 1.82) is 0 Å². The molecular formula is C16H10F3NO. The van der Waals surface area contributed by atoms with E-state index in [0.717, 1.165) is 12.1 Å². The Bertz CT molecular complexity index is 747. The molecule has 0 atom stereocenters. The summed E-state index contributed by atoms with van der Waals surface area (Å²) in [5.41, 5.74) is 1.33. The van der Waals surface area contributed by atoms with Gasteiger partial charge in [0.15, 0.2) is 0 Å². The van der Waals surface area contributed by atoms with Crippen LogP contribution in [-0.4, -0.2) is 5.91 Å². The number of benzene rings is 2. The molecule has 1 aliphatic rings. The van der Waals surface area contributed by atoms with E-state index in [2.05, 4.69) is 5.32 Å². The van der Waals surface area contributed by atoms with Gasteiger partial charge in [0.05, 0.1) is 5.56 Å². The number of carbonyl (C=O) groups excluding carboxylic acids is 1. The second kappa shape index (κ2) is 4.77. The zero-order valence-electron chi connectivity index (χ0n) is 10.7. The number of anilines is 1. The molecular weight excluding hydrogens is 279 g/mol. The lowest BCUT2D eigenvalue weighted by Gasteiger charge is -2.07. The van der Waals surface area contributed by atoms with Crippen LogP contribution in [0.25, 0.3) is 11.6 Å². The van der Waals surface area contributed by atoms with Gasteiger partial charge in [-0.25, -0.2) is 0 Å². The molecule has 1 heterocycles. The van der Waals surface area contributed by atoms with Crippen LogP contribution < -0.4 is 5.32 Å². The summed E-state index contributed by atoms with van der Waals surface area (Å²) in [6.45, 7) is 0. The lowest BCUT2D eigenvalue weighted by molar-refractivity contribution is -0.137. The van der Waals surface area contributed by atoms with E-state index < -0.39 is 11.7 Å². The van der Waals surface area contributed by atoms with Gasteiger partial charge in [-0.1, -0.05) is 30.3 Å². The molecule has 0 aromatic heterocycles. The average Bonchev–Trinajstić information content (AvgIpc) is 2.75. The Morgan fingerprint density at radius 2 is 1.76 bits per heavy atom. The van der Waals surface area contributed by atoms with Gasteiger partial charge in [0.1, 0.15) is 0 Å². The largest absolute Gasteiger partial charge is 0.416 e. The summed E-state index contributed by atoms with van der Waals surface area (Å²) in [5, 5.41) is 2.68. The summed E-state index contributed by atoms with van der Waals surface area (Å²) in [6.07, 6.45) is -2.93. The standard InChI is InChI=1S/C16H10F3NO/c17-16(18,19)11-5-3-4-10(8-11)9-13-12-6-1-2-7-14(12)20-15(13)21/h1-9H,(H,20,21)/b13-9+. The Balaban J connectivity index is 2.05. The molecule has 5 heteroatoms. The van der Waals surface area contributed by atoms with Crippen molar-refractivity contribution in [3.8, 4) is 0 Å². The van der Waals surface area contributed by atoms with E-state index in [1.165, 1.54) is 18.2 Å². The van der Waals surface area contributed by atoms with E-state index in [-0.39, 0.29) is 5.91 Å². The predicted octanol–water partition coefficient (Wildman–Crippen LogP) is 4.20. The first-order valence-electron chi connectivity index (χ1n) is 6.25. The van der Waals surface area contributed by atoms with Crippen LogP contribution in [0.15, 0.2) is 48.5 Å². The molecule has 0 aliphatic carbocycles. The Morgan fingerprint density at radius 1 is 1.00 bits per heavy atom. The normalized spacial score (nSPS) is 16.0. The van der Waals surface area contributed by atoms with Crippen molar-refractivity contribution in [1.82, 2.24) is 0 Å². The van der Waals surface area contributed by atoms with E-state index in [9.17, 15) is 18.0 Å². The number of hydrogen-bond acceptors (Lipinski definition) is 1. The third kappa shape index (κ3) is 2.54. The van der Waals surface area contributed by atoms with Crippen LogP contribution in [0.2, 0.25) is 0 Å². The maximum Gasteiger partial charge on any atom is 0.416 e. The Hall–Kier alpha value is -2.56. The number of para-hydroxylation sites is 1. The molecule has 0 spiro atoms. The fraction of sp³-hybridized carbons (Fsp3) is 0.0625. The zero-order valence-corrected chi connectivity index (χ0v) is 10.7. The van der Waals surface area contributed by atoms with Gasteiger partial charge in [0, 0.05) is 16.8 Å². The summed E-state index contributed by atoms with van der Waals surface area (Å²) >= 11 is 0. The van der Waals surface area contributed by atoms with Gasteiger partial charge in [0.2, 0.25) is 0 Å². The molecule has 3 rings (SSSR count). The van der Waals surface area contributed by atoms with Gasteiger partial charge in [-0.3, -0.25) is 4.79 Å². The quantitative estimate of drug-likeness (QED) is 0.783. The van der Waals surface area contributed by atoms with Gasteiger partial charge in [-0.15, -0.1) is 0 Å². The zero-order chi connectivity index (χ0) is 15.0. The summed E-state index contributed by atoms with van der Waals surface area (Å²) in [5.74, 6) is -0.311. The minimum absolute atomic E-state index is 0.311. The molecule has 2 aromatic carbocycles. The number of rotatable bonds is 1. The highest BCUT2D eigenvalue weighted by atomic mass is 19.4. The number of halogens is 3. The smallest absolute Gasteiger partial charge is 0.321 e. The van der Waals surface area contributed by atoms with Crippen LogP contribution in [0.4, 0.5) is 18.9 Å². The molecule has 2 aromatic rings. The van der Waals surface area contributed by atoms with Crippen LogP contribution in [0.3, 0.4) is 0 Å². The number of alkyl halides is 3. The van der Waals surface area contributed by atoms with Crippen LogP contribution in [0.1, 0.15) is 16.7 Å². The van der Waals surface area contributed by atoms with E-state index in [1.54, 1.807) is 24.3 Å². The molecule has 106 valence electrons. The minimum atomic E-state index is -4.40. The molecule has 0 unspecified atom stereocenters. The molecule has 0 bridgehead atoms. The first kappa shape index (κ1) is 13.4. The Kier molecular flexibility index (Phi) is 3.05. The van der Waals surface area contributed by atoms with Crippen LogP contribution in [0.5, 0.6) is 0 Å². The van der Waals surface area contributed by atoms with Crippen molar-refractivity contribution in [2.45, 2.75) is 6.18 Å². The molecule has 1 amide bonds. The molecule has 0 fully saturated rings. The maximum atomic E-state index is 12.7. The van der Waals surface area contributed by atoms with Gasteiger partial charge in [-0.2, -0.15) is 13.2 Å². The SMILES string of the molecule is O=C1Nc2ccccc2/C1=C\c1cccc(C(F)(F)F)c1. The van der Waals surface area contributed by atoms with E-state index in [1.807, 2.05) is 0 Å². The number of amides is 1. The van der Waals surface area contributed by atoms with Crippen LogP contribution in [0, 0.1) is 0 Å². The van der Waals surface area contributed by atoms with E-state index in [4.69, 9.17) is 0 Å². The monoisotopic (exact) mass is 289 g/mol. The molecule has 2 nitrogen and oxygen atoms in total. The molecule has 0 saturated heterocycles. The van der Waals surface area contributed by atoms with Crippen molar-refractivity contribution in [2.75, 3.05) is 5.32 Å². The fourth-order valence-electron chi connectivity index (χ4n) is 2.25. The van der Waals surface area contributed by atoms with Gasteiger partial charge < -0.3 is 5.32 Å². The first-order chi connectivity index (χ1) is 9.95. The van der Waals surface area contributed by atoms with Crippen molar-refractivity contribution < 1.29 is 18.0 Å². The lowest BCUT2D eigenvalue weighted by atomic mass is 10.0. The van der Waals surface area contributed by atoms with Crippen LogP contribution >= 0.6 is 0 Å². The molecule has 0 radical (unpaired) electrons. The summed E-state index contributed by atoms with van der Waals surface area (Å²) in [4.78, 5) is 11.9. The van der Waals surface area contributed by atoms with Gasteiger partial charge in [-0.05, 0) is 29.8 Å². The number of hydrogen-bond donors (Lipinski definition) is 1. The number of nitrogens with one attached hydrogen (secondary N) is 1. The van der Waals surface area contributed by atoms with Crippen molar-refractivity contribution in [2.24, 2.45) is 0 Å². The second-order valence-electron chi connectivity index (χ2n) is 4.68. The predicted molar refractivity (Wildman–Crippen MR) is 74.4 cm³/mol.